The molecule has 1 atom stereocenters. The van der Waals surface area contributed by atoms with Crippen LogP contribution in [0.4, 0.5) is 4.79 Å². The number of urea groups is 1. The summed E-state index contributed by atoms with van der Waals surface area (Å²) in [6.07, 6.45) is 3.49. The van der Waals surface area contributed by atoms with Gasteiger partial charge in [0.25, 0.3) is 5.91 Å². The number of rotatable bonds is 8. The number of hydrogen-bond acceptors (Lipinski definition) is 5. The second kappa shape index (κ2) is 7.26. The Labute approximate surface area is 163 Å². The maximum atomic E-state index is 12.5. The third-order valence-electron chi connectivity index (χ3n) is 5.53. The Hall–Kier alpha value is -2.90. The quantitative estimate of drug-likeness (QED) is 0.317. The first-order chi connectivity index (χ1) is 13.2. The number of amides is 3. The van der Waals surface area contributed by atoms with Gasteiger partial charge < -0.3 is 14.6 Å². The highest BCUT2D eigenvalue weighted by molar-refractivity contribution is 6.09. The zero-order valence-corrected chi connectivity index (χ0v) is 16.4. The number of carbonyl (C=O) groups is 4. The van der Waals surface area contributed by atoms with Gasteiger partial charge >= 0.3 is 12.0 Å². The Bertz CT molecular complexity index is 867. The average Bonchev–Trinajstić information content (AvgIpc) is 3.43. The van der Waals surface area contributed by atoms with Crippen molar-refractivity contribution < 1.29 is 23.9 Å². The molecule has 3 rings (SSSR count). The fourth-order valence-corrected chi connectivity index (χ4v) is 3.69. The number of nitrogens with one attached hydrogen (secondary N) is 1. The molecule has 1 aromatic rings. The van der Waals surface area contributed by atoms with E-state index in [1.54, 1.807) is 19.1 Å². The summed E-state index contributed by atoms with van der Waals surface area (Å²) in [6.45, 7) is 8.71. The Balaban J connectivity index is 1.58. The Kier molecular flexibility index (Phi) is 5.14. The van der Waals surface area contributed by atoms with E-state index in [1.807, 2.05) is 18.4 Å². The van der Waals surface area contributed by atoms with Gasteiger partial charge in [-0.15, -0.1) is 6.58 Å². The van der Waals surface area contributed by atoms with Crippen LogP contribution in [0.15, 0.2) is 18.7 Å². The highest BCUT2D eigenvalue weighted by Gasteiger charge is 2.56. The third kappa shape index (κ3) is 3.46. The summed E-state index contributed by atoms with van der Waals surface area (Å²) in [7, 11) is 0. The lowest BCUT2D eigenvalue weighted by molar-refractivity contribution is -0.146. The van der Waals surface area contributed by atoms with Crippen LogP contribution in [0, 0.1) is 19.8 Å². The second-order valence-electron chi connectivity index (χ2n) is 7.57. The number of aromatic nitrogens is 1. The maximum absolute atomic E-state index is 12.5. The number of esters is 1. The molecule has 1 saturated carbocycles. The van der Waals surface area contributed by atoms with Crippen LogP contribution >= 0.6 is 0 Å². The fourth-order valence-electron chi connectivity index (χ4n) is 3.69. The summed E-state index contributed by atoms with van der Waals surface area (Å²) < 4.78 is 6.97. The molecular weight excluding hydrogens is 362 g/mol. The molecule has 2 fully saturated rings. The van der Waals surface area contributed by atoms with Gasteiger partial charge in [-0.05, 0) is 45.6 Å². The van der Waals surface area contributed by atoms with Crippen LogP contribution in [-0.2, 0) is 20.9 Å². The summed E-state index contributed by atoms with van der Waals surface area (Å²) >= 11 is 0. The number of ether oxygens (including phenoxy) is 1. The first-order valence-corrected chi connectivity index (χ1v) is 9.29. The van der Waals surface area contributed by atoms with E-state index in [-0.39, 0.29) is 11.7 Å². The summed E-state index contributed by atoms with van der Waals surface area (Å²) in [5.41, 5.74) is 1.21. The van der Waals surface area contributed by atoms with E-state index in [2.05, 4.69) is 11.9 Å². The molecule has 8 heteroatoms. The third-order valence-corrected chi connectivity index (χ3v) is 5.53. The Morgan fingerprint density at radius 2 is 2.04 bits per heavy atom. The van der Waals surface area contributed by atoms with Gasteiger partial charge in [-0.3, -0.25) is 19.3 Å². The van der Waals surface area contributed by atoms with Gasteiger partial charge in [-0.2, -0.15) is 0 Å². The van der Waals surface area contributed by atoms with Crippen LogP contribution in [0.5, 0.6) is 0 Å². The summed E-state index contributed by atoms with van der Waals surface area (Å²) in [6, 6.07) is 1.14. The number of nitrogens with zero attached hydrogens (tertiary/aromatic N) is 2. The minimum absolute atomic E-state index is 0.109. The van der Waals surface area contributed by atoms with Gasteiger partial charge in [-0.25, -0.2) is 4.79 Å². The standard InChI is InChI=1S/C20H25N3O5/c1-5-8-22-12(2)9-15(13(22)3)16(24)11-28-17(25)10-23-18(26)20(4,14-6-7-14)21-19(23)27/h5,9,14H,1,6-8,10-11H2,2-4H3,(H,21,27)/t20-/m1/s1. The number of hydrogen-bond donors (Lipinski definition) is 1. The predicted octanol–water partition coefficient (Wildman–Crippen LogP) is 1.74. The van der Waals surface area contributed by atoms with E-state index in [0.717, 1.165) is 29.1 Å². The van der Waals surface area contributed by atoms with Crippen molar-refractivity contribution in [2.24, 2.45) is 5.92 Å². The lowest BCUT2D eigenvalue weighted by Crippen LogP contribution is -2.46. The lowest BCUT2D eigenvalue weighted by Gasteiger charge is -2.20. The number of carbonyl (C=O) groups excluding carboxylic acids is 4. The van der Waals surface area contributed by atoms with Crippen molar-refractivity contribution in [2.75, 3.05) is 13.2 Å². The number of imide groups is 1. The number of ketones is 1. The second-order valence-corrected chi connectivity index (χ2v) is 7.57. The Morgan fingerprint density at radius 3 is 2.64 bits per heavy atom. The van der Waals surface area contributed by atoms with E-state index in [1.165, 1.54) is 0 Å². The normalized spacial score (nSPS) is 21.6. The van der Waals surface area contributed by atoms with Crippen LogP contribution in [0.2, 0.25) is 0 Å². The van der Waals surface area contributed by atoms with Crippen molar-refractivity contribution in [2.45, 2.75) is 45.7 Å². The van der Waals surface area contributed by atoms with Crippen molar-refractivity contribution in [1.82, 2.24) is 14.8 Å². The zero-order chi connectivity index (χ0) is 20.6. The lowest BCUT2D eigenvalue weighted by atomic mass is 9.96. The van der Waals surface area contributed by atoms with E-state index in [0.29, 0.717) is 12.1 Å². The maximum Gasteiger partial charge on any atom is 0.326 e. The monoisotopic (exact) mass is 387 g/mol. The summed E-state index contributed by atoms with van der Waals surface area (Å²) in [5.74, 6) is -1.44. The van der Waals surface area contributed by atoms with Gasteiger partial charge in [-0.1, -0.05) is 6.08 Å². The number of Topliss-reactive ketones (excluding diaryl/α,β-unsaturated/α-hetero) is 1. The molecule has 3 amide bonds. The average molecular weight is 387 g/mol. The summed E-state index contributed by atoms with van der Waals surface area (Å²) in [5, 5.41) is 2.67. The smallest absolute Gasteiger partial charge is 0.326 e. The molecular formula is C20H25N3O5. The highest BCUT2D eigenvalue weighted by Crippen LogP contribution is 2.42. The first-order valence-electron chi connectivity index (χ1n) is 9.29. The molecule has 1 aliphatic heterocycles. The van der Waals surface area contributed by atoms with Gasteiger partial charge in [0.1, 0.15) is 12.1 Å². The number of allylic oxidation sites excluding steroid dienone is 1. The molecule has 0 bridgehead atoms. The molecule has 1 aliphatic carbocycles. The molecule has 1 N–H and O–H groups in total. The molecule has 2 aliphatic rings. The first kappa shape index (κ1) is 19.9. The van der Waals surface area contributed by atoms with E-state index < -0.39 is 36.6 Å². The molecule has 8 nitrogen and oxygen atoms in total. The van der Waals surface area contributed by atoms with Crippen molar-refractivity contribution >= 4 is 23.7 Å². The molecule has 0 spiro atoms. The topological polar surface area (TPSA) is 97.7 Å². The van der Waals surface area contributed by atoms with Crippen LogP contribution in [0.25, 0.3) is 0 Å². The van der Waals surface area contributed by atoms with Crippen molar-refractivity contribution in [1.29, 1.82) is 0 Å². The van der Waals surface area contributed by atoms with Crippen LogP contribution in [0.3, 0.4) is 0 Å². The van der Waals surface area contributed by atoms with Gasteiger partial charge in [0, 0.05) is 23.5 Å². The molecule has 28 heavy (non-hydrogen) atoms. The van der Waals surface area contributed by atoms with Crippen molar-refractivity contribution in [3.63, 3.8) is 0 Å². The van der Waals surface area contributed by atoms with Crippen LogP contribution < -0.4 is 5.32 Å². The number of aryl methyl sites for hydroxylation is 1. The molecule has 0 radical (unpaired) electrons. The largest absolute Gasteiger partial charge is 0.456 e. The molecule has 0 aromatic carbocycles. The molecule has 1 aromatic heterocycles. The molecule has 0 unspecified atom stereocenters. The summed E-state index contributed by atoms with van der Waals surface area (Å²) in [4.78, 5) is 50.0. The van der Waals surface area contributed by atoms with Gasteiger partial charge in [0.2, 0.25) is 5.78 Å². The van der Waals surface area contributed by atoms with Crippen molar-refractivity contribution in [3.05, 3.63) is 35.7 Å². The minimum Gasteiger partial charge on any atom is -0.456 e. The van der Waals surface area contributed by atoms with Gasteiger partial charge in [0.15, 0.2) is 6.61 Å². The Morgan fingerprint density at radius 1 is 1.36 bits per heavy atom. The predicted molar refractivity (Wildman–Crippen MR) is 101 cm³/mol. The zero-order valence-electron chi connectivity index (χ0n) is 16.4. The SMILES string of the molecule is C=CCn1c(C)cc(C(=O)COC(=O)CN2C(=O)N[C@](C)(C3CC3)C2=O)c1C. The van der Waals surface area contributed by atoms with Crippen LogP contribution in [0.1, 0.15) is 41.5 Å². The fraction of sp³-hybridized carbons (Fsp3) is 0.500. The van der Waals surface area contributed by atoms with E-state index in [4.69, 9.17) is 4.74 Å². The molecule has 1 saturated heterocycles. The van der Waals surface area contributed by atoms with Crippen molar-refractivity contribution in [3.8, 4) is 0 Å². The molecule has 2 heterocycles. The highest BCUT2D eigenvalue weighted by atomic mass is 16.5. The minimum atomic E-state index is -0.949. The molecule has 150 valence electrons. The van der Waals surface area contributed by atoms with E-state index >= 15 is 0 Å². The van der Waals surface area contributed by atoms with E-state index in [9.17, 15) is 19.2 Å². The van der Waals surface area contributed by atoms with Gasteiger partial charge in [0.05, 0.1) is 0 Å². The van der Waals surface area contributed by atoms with Crippen LogP contribution in [-0.4, -0.2) is 51.8 Å².